The van der Waals surface area contributed by atoms with E-state index in [9.17, 15) is 9.59 Å². The van der Waals surface area contributed by atoms with Crippen molar-refractivity contribution in [1.82, 2.24) is 10.2 Å². The fourth-order valence-corrected chi connectivity index (χ4v) is 2.57. The maximum atomic E-state index is 12.1. The topological polar surface area (TPSA) is 67.9 Å². The first kappa shape index (κ1) is 17.9. The molecule has 0 atom stereocenters. The molecule has 1 saturated carbocycles. The van der Waals surface area contributed by atoms with Gasteiger partial charge < -0.3 is 14.8 Å². The molecule has 122 valence electrons. The van der Waals surface area contributed by atoms with Crippen molar-refractivity contribution >= 4 is 11.9 Å². The van der Waals surface area contributed by atoms with Crippen LogP contribution in [0, 0.1) is 0 Å². The Morgan fingerprint density at radius 2 is 1.86 bits per heavy atom. The molecular formula is C15H28N2O4. The number of carbonyl (C=O) groups is 2. The van der Waals surface area contributed by atoms with E-state index in [1.807, 2.05) is 4.90 Å². The molecule has 1 fully saturated rings. The summed E-state index contributed by atoms with van der Waals surface area (Å²) < 4.78 is 9.68. The van der Waals surface area contributed by atoms with Crippen molar-refractivity contribution in [3.8, 4) is 0 Å². The molecule has 0 spiro atoms. The molecule has 0 heterocycles. The maximum absolute atomic E-state index is 12.1. The number of hydrogen-bond acceptors (Lipinski definition) is 5. The van der Waals surface area contributed by atoms with E-state index in [2.05, 4.69) is 10.1 Å². The van der Waals surface area contributed by atoms with Crippen LogP contribution in [0.3, 0.4) is 0 Å². The average Bonchev–Trinajstić information content (AvgIpc) is 2.50. The van der Waals surface area contributed by atoms with Crippen molar-refractivity contribution in [3.63, 3.8) is 0 Å². The number of carbonyl (C=O) groups excluding carboxylic acids is 2. The summed E-state index contributed by atoms with van der Waals surface area (Å²) >= 11 is 0. The van der Waals surface area contributed by atoms with Gasteiger partial charge in [0.05, 0.1) is 26.7 Å². The molecule has 6 nitrogen and oxygen atoms in total. The van der Waals surface area contributed by atoms with Crippen molar-refractivity contribution in [2.45, 2.75) is 44.6 Å². The normalized spacial score (nSPS) is 16.0. The third-order valence-electron chi connectivity index (χ3n) is 3.81. The summed E-state index contributed by atoms with van der Waals surface area (Å²) in [6.45, 7) is 1.98. The number of esters is 1. The molecule has 6 heteroatoms. The van der Waals surface area contributed by atoms with Crippen LogP contribution in [0.15, 0.2) is 0 Å². The molecule has 1 aliphatic rings. The highest BCUT2D eigenvalue weighted by Crippen LogP contribution is 2.17. The fourth-order valence-electron chi connectivity index (χ4n) is 2.57. The van der Waals surface area contributed by atoms with Crippen molar-refractivity contribution in [1.29, 1.82) is 0 Å². The van der Waals surface area contributed by atoms with Gasteiger partial charge in [0.15, 0.2) is 0 Å². The zero-order chi connectivity index (χ0) is 15.5. The van der Waals surface area contributed by atoms with Crippen LogP contribution < -0.4 is 5.32 Å². The van der Waals surface area contributed by atoms with E-state index in [4.69, 9.17) is 4.74 Å². The van der Waals surface area contributed by atoms with E-state index < -0.39 is 0 Å². The van der Waals surface area contributed by atoms with Gasteiger partial charge in [-0.25, -0.2) is 0 Å². The van der Waals surface area contributed by atoms with Crippen molar-refractivity contribution in [2.75, 3.05) is 40.5 Å². The second-order valence-electron chi connectivity index (χ2n) is 5.50. The molecular weight excluding hydrogens is 272 g/mol. The van der Waals surface area contributed by atoms with Crippen LogP contribution in [0.1, 0.15) is 38.5 Å². The smallest absolute Gasteiger partial charge is 0.306 e. The lowest BCUT2D eigenvalue weighted by molar-refractivity contribution is -0.141. The molecule has 0 aromatic carbocycles. The molecule has 0 radical (unpaired) electrons. The van der Waals surface area contributed by atoms with Gasteiger partial charge in [-0.15, -0.1) is 0 Å². The lowest BCUT2D eigenvalue weighted by atomic mass is 9.95. The van der Waals surface area contributed by atoms with E-state index in [1.54, 1.807) is 7.11 Å². The first-order valence-corrected chi connectivity index (χ1v) is 7.73. The van der Waals surface area contributed by atoms with Crippen LogP contribution in [0.2, 0.25) is 0 Å². The second kappa shape index (κ2) is 10.6. The quantitative estimate of drug-likeness (QED) is 0.642. The molecule has 0 aromatic heterocycles. The van der Waals surface area contributed by atoms with Crippen LogP contribution in [0.5, 0.6) is 0 Å². The summed E-state index contributed by atoms with van der Waals surface area (Å²) in [7, 11) is 3.00. The Kier molecular flexibility index (Phi) is 9.01. The minimum absolute atomic E-state index is 0.0304. The van der Waals surface area contributed by atoms with Gasteiger partial charge in [-0.2, -0.15) is 0 Å². The minimum Gasteiger partial charge on any atom is -0.469 e. The summed E-state index contributed by atoms with van der Waals surface area (Å²) in [5, 5.41) is 3.09. The van der Waals surface area contributed by atoms with E-state index in [0.29, 0.717) is 32.3 Å². The van der Waals surface area contributed by atoms with Gasteiger partial charge in [0.1, 0.15) is 0 Å². The molecule has 21 heavy (non-hydrogen) atoms. The Labute approximate surface area is 127 Å². The first-order valence-electron chi connectivity index (χ1n) is 7.73. The van der Waals surface area contributed by atoms with Gasteiger partial charge in [0, 0.05) is 26.2 Å². The summed E-state index contributed by atoms with van der Waals surface area (Å²) in [5.74, 6) is -0.229. The van der Waals surface area contributed by atoms with Gasteiger partial charge >= 0.3 is 5.97 Å². The van der Waals surface area contributed by atoms with E-state index >= 15 is 0 Å². The zero-order valence-electron chi connectivity index (χ0n) is 13.2. The minimum atomic E-state index is -0.259. The molecule has 0 aliphatic heterocycles. The average molecular weight is 300 g/mol. The van der Waals surface area contributed by atoms with E-state index in [0.717, 1.165) is 12.8 Å². The third kappa shape index (κ3) is 8.02. The molecule has 1 rings (SSSR count). The van der Waals surface area contributed by atoms with Crippen LogP contribution in [-0.4, -0.2) is 63.3 Å². The molecule has 1 amide bonds. The highest BCUT2D eigenvalue weighted by molar-refractivity contribution is 5.78. The molecule has 1 aliphatic carbocycles. The van der Waals surface area contributed by atoms with E-state index in [1.165, 1.54) is 26.4 Å². The van der Waals surface area contributed by atoms with E-state index in [-0.39, 0.29) is 18.3 Å². The van der Waals surface area contributed by atoms with Gasteiger partial charge in [-0.3, -0.25) is 14.5 Å². The highest BCUT2D eigenvalue weighted by Gasteiger charge is 2.18. The van der Waals surface area contributed by atoms with Gasteiger partial charge in [0.2, 0.25) is 5.91 Å². The van der Waals surface area contributed by atoms with Crippen LogP contribution in [-0.2, 0) is 19.1 Å². The highest BCUT2D eigenvalue weighted by atomic mass is 16.5. The van der Waals surface area contributed by atoms with Crippen molar-refractivity contribution in [3.05, 3.63) is 0 Å². The number of methoxy groups -OCH3 is 2. The summed E-state index contributed by atoms with van der Waals surface area (Å²) in [6.07, 6.45) is 6.10. The Balaban J connectivity index is 2.34. The van der Waals surface area contributed by atoms with Gasteiger partial charge in [-0.1, -0.05) is 19.3 Å². The largest absolute Gasteiger partial charge is 0.469 e. The molecule has 1 N–H and O–H groups in total. The van der Waals surface area contributed by atoms with Crippen LogP contribution in [0.25, 0.3) is 0 Å². The van der Waals surface area contributed by atoms with Gasteiger partial charge in [0.25, 0.3) is 0 Å². The number of rotatable bonds is 9. The number of ether oxygens (including phenoxy) is 2. The molecule has 0 bridgehead atoms. The zero-order valence-corrected chi connectivity index (χ0v) is 13.2. The SMILES string of the molecule is COCCN(CCC(=O)OC)CC(=O)NC1CCCCC1. The maximum Gasteiger partial charge on any atom is 0.306 e. The second-order valence-corrected chi connectivity index (χ2v) is 5.50. The lowest BCUT2D eigenvalue weighted by Gasteiger charge is -2.25. The Morgan fingerprint density at radius 1 is 1.14 bits per heavy atom. The Morgan fingerprint density at radius 3 is 2.48 bits per heavy atom. The van der Waals surface area contributed by atoms with Crippen LogP contribution >= 0.6 is 0 Å². The number of nitrogens with one attached hydrogen (secondary N) is 1. The Hall–Kier alpha value is -1.14. The number of nitrogens with zero attached hydrogens (tertiary/aromatic N) is 1. The lowest BCUT2D eigenvalue weighted by Crippen LogP contribution is -2.44. The third-order valence-corrected chi connectivity index (χ3v) is 3.81. The first-order chi connectivity index (χ1) is 10.2. The molecule has 0 unspecified atom stereocenters. The Bertz CT molecular complexity index is 317. The number of hydrogen-bond donors (Lipinski definition) is 1. The van der Waals surface area contributed by atoms with Crippen molar-refractivity contribution in [2.24, 2.45) is 0 Å². The van der Waals surface area contributed by atoms with Crippen LogP contribution in [0.4, 0.5) is 0 Å². The summed E-state index contributed by atoms with van der Waals surface area (Å²) in [5.41, 5.74) is 0. The number of amides is 1. The summed E-state index contributed by atoms with van der Waals surface area (Å²) in [4.78, 5) is 25.2. The predicted molar refractivity (Wildman–Crippen MR) is 80.0 cm³/mol. The predicted octanol–water partition coefficient (Wildman–Crippen LogP) is 0.947. The van der Waals surface area contributed by atoms with Gasteiger partial charge in [-0.05, 0) is 12.8 Å². The van der Waals surface area contributed by atoms with Crippen molar-refractivity contribution < 1.29 is 19.1 Å². The fraction of sp³-hybridized carbons (Fsp3) is 0.867. The molecule has 0 saturated heterocycles. The monoisotopic (exact) mass is 300 g/mol. The molecule has 0 aromatic rings. The standard InChI is InChI=1S/C15H28N2O4/c1-20-11-10-17(9-8-15(19)21-2)12-14(18)16-13-6-4-3-5-7-13/h13H,3-12H2,1-2H3,(H,16,18). The summed E-state index contributed by atoms with van der Waals surface area (Å²) in [6, 6.07) is 0.316.